The van der Waals surface area contributed by atoms with Crippen molar-refractivity contribution < 1.29 is 9.53 Å². The van der Waals surface area contributed by atoms with E-state index in [0.717, 1.165) is 18.9 Å². The fraction of sp³-hybridized carbons (Fsp3) is 0.381. The SMILES string of the molecule is Cc1nc(OCCNC(=O)Cn2cnc3ccccc3c2=O)cc(N2CCCC2)n1. The fourth-order valence-electron chi connectivity index (χ4n) is 3.48. The van der Waals surface area contributed by atoms with Crippen LogP contribution in [0.3, 0.4) is 0 Å². The number of carbonyl (C=O) groups is 1. The van der Waals surface area contributed by atoms with Gasteiger partial charge in [-0.3, -0.25) is 14.2 Å². The molecular formula is C21H24N6O3. The number of aryl methyl sites for hydroxylation is 1. The Morgan fingerprint density at radius 2 is 2.00 bits per heavy atom. The zero-order chi connectivity index (χ0) is 20.9. The highest BCUT2D eigenvalue weighted by Gasteiger charge is 2.15. The van der Waals surface area contributed by atoms with Gasteiger partial charge >= 0.3 is 0 Å². The highest BCUT2D eigenvalue weighted by molar-refractivity contribution is 5.78. The molecule has 1 aliphatic heterocycles. The lowest BCUT2D eigenvalue weighted by atomic mass is 10.2. The van der Waals surface area contributed by atoms with Crippen LogP contribution < -0.4 is 20.5 Å². The van der Waals surface area contributed by atoms with E-state index in [2.05, 4.69) is 25.2 Å². The third-order valence-electron chi connectivity index (χ3n) is 4.95. The molecule has 0 aliphatic carbocycles. The van der Waals surface area contributed by atoms with Gasteiger partial charge in [-0.1, -0.05) is 12.1 Å². The van der Waals surface area contributed by atoms with Gasteiger partial charge in [-0.15, -0.1) is 0 Å². The molecule has 0 spiro atoms. The molecule has 1 N–H and O–H groups in total. The Morgan fingerprint density at radius 3 is 2.83 bits per heavy atom. The number of hydrogen-bond acceptors (Lipinski definition) is 7. The second kappa shape index (κ2) is 8.89. The number of ether oxygens (including phenoxy) is 1. The van der Waals surface area contributed by atoms with E-state index >= 15 is 0 Å². The summed E-state index contributed by atoms with van der Waals surface area (Å²) < 4.78 is 7.00. The minimum Gasteiger partial charge on any atom is -0.476 e. The Labute approximate surface area is 173 Å². The number of aromatic nitrogens is 4. The number of nitrogens with one attached hydrogen (secondary N) is 1. The van der Waals surface area contributed by atoms with Crippen LogP contribution in [0.15, 0.2) is 41.5 Å². The lowest BCUT2D eigenvalue weighted by molar-refractivity contribution is -0.121. The molecule has 1 amide bonds. The van der Waals surface area contributed by atoms with Gasteiger partial charge in [0.15, 0.2) is 0 Å². The number of anilines is 1. The van der Waals surface area contributed by atoms with Crippen molar-refractivity contribution in [3.63, 3.8) is 0 Å². The first-order valence-electron chi connectivity index (χ1n) is 10.0. The van der Waals surface area contributed by atoms with Gasteiger partial charge in [0.05, 0.1) is 23.8 Å². The zero-order valence-corrected chi connectivity index (χ0v) is 16.9. The molecule has 0 unspecified atom stereocenters. The molecule has 1 fully saturated rings. The van der Waals surface area contributed by atoms with Gasteiger partial charge < -0.3 is 15.0 Å². The Hall–Kier alpha value is -3.49. The van der Waals surface area contributed by atoms with E-state index in [9.17, 15) is 9.59 Å². The summed E-state index contributed by atoms with van der Waals surface area (Å²) in [5.41, 5.74) is 0.374. The number of para-hydroxylation sites is 1. The number of fused-ring (bicyclic) bond motifs is 1. The van der Waals surface area contributed by atoms with Crippen LogP contribution in [-0.4, -0.2) is 51.7 Å². The van der Waals surface area contributed by atoms with Gasteiger partial charge in [-0.2, -0.15) is 4.98 Å². The minimum atomic E-state index is -0.283. The number of benzene rings is 1. The number of carbonyl (C=O) groups excluding carboxylic acids is 1. The number of rotatable bonds is 7. The second-order valence-electron chi connectivity index (χ2n) is 7.20. The third-order valence-corrected chi connectivity index (χ3v) is 4.95. The summed E-state index contributed by atoms with van der Waals surface area (Å²) in [4.78, 5) is 39.9. The molecule has 1 saturated heterocycles. The maximum Gasteiger partial charge on any atom is 0.261 e. The van der Waals surface area contributed by atoms with E-state index < -0.39 is 0 Å². The molecule has 0 bridgehead atoms. The summed E-state index contributed by atoms with van der Waals surface area (Å²) in [5, 5.41) is 3.25. The normalized spacial score (nSPS) is 13.6. The first-order chi connectivity index (χ1) is 14.6. The largest absolute Gasteiger partial charge is 0.476 e. The van der Waals surface area contributed by atoms with E-state index in [1.807, 2.05) is 19.1 Å². The van der Waals surface area contributed by atoms with Crippen LogP contribution in [0.2, 0.25) is 0 Å². The Balaban J connectivity index is 1.29. The topological polar surface area (TPSA) is 102 Å². The zero-order valence-electron chi connectivity index (χ0n) is 16.9. The average Bonchev–Trinajstić information content (AvgIpc) is 3.28. The molecule has 0 radical (unpaired) electrons. The molecule has 4 rings (SSSR count). The summed E-state index contributed by atoms with van der Waals surface area (Å²) in [6.45, 7) is 4.30. The summed E-state index contributed by atoms with van der Waals surface area (Å²) in [7, 11) is 0. The van der Waals surface area contributed by atoms with Crippen LogP contribution in [0, 0.1) is 6.92 Å². The van der Waals surface area contributed by atoms with E-state index in [4.69, 9.17) is 4.74 Å². The van der Waals surface area contributed by atoms with Gasteiger partial charge in [-0.25, -0.2) is 9.97 Å². The Morgan fingerprint density at radius 1 is 1.20 bits per heavy atom. The molecule has 3 heterocycles. The second-order valence-corrected chi connectivity index (χ2v) is 7.20. The van der Waals surface area contributed by atoms with Gasteiger partial charge in [0.25, 0.3) is 5.56 Å². The van der Waals surface area contributed by atoms with Crippen LogP contribution in [0.5, 0.6) is 5.88 Å². The van der Waals surface area contributed by atoms with Crippen molar-refractivity contribution in [2.75, 3.05) is 31.1 Å². The first-order valence-corrected chi connectivity index (χ1v) is 10.0. The van der Waals surface area contributed by atoms with Crippen LogP contribution in [-0.2, 0) is 11.3 Å². The molecule has 0 atom stereocenters. The summed E-state index contributed by atoms with van der Waals surface area (Å²) >= 11 is 0. The fourth-order valence-corrected chi connectivity index (χ4v) is 3.48. The Bertz CT molecular complexity index is 1110. The van der Waals surface area contributed by atoms with Gasteiger partial charge in [0.1, 0.15) is 24.8 Å². The Kier molecular flexibility index (Phi) is 5.87. The van der Waals surface area contributed by atoms with Crippen LogP contribution in [0.25, 0.3) is 10.9 Å². The third kappa shape index (κ3) is 4.56. The molecule has 1 aliphatic rings. The van der Waals surface area contributed by atoms with Crippen molar-refractivity contribution in [1.82, 2.24) is 24.8 Å². The number of hydrogen-bond donors (Lipinski definition) is 1. The van der Waals surface area contributed by atoms with Crippen molar-refractivity contribution in [3.8, 4) is 5.88 Å². The molecular weight excluding hydrogens is 384 g/mol. The maximum absolute atomic E-state index is 12.5. The molecule has 156 valence electrons. The van der Waals surface area contributed by atoms with E-state index in [0.29, 0.717) is 29.2 Å². The van der Waals surface area contributed by atoms with Crippen molar-refractivity contribution in [2.45, 2.75) is 26.3 Å². The van der Waals surface area contributed by atoms with E-state index in [1.165, 1.54) is 23.7 Å². The average molecular weight is 408 g/mol. The molecule has 0 saturated carbocycles. The summed E-state index contributed by atoms with van der Waals surface area (Å²) in [5.74, 6) is 1.74. The van der Waals surface area contributed by atoms with Crippen molar-refractivity contribution in [1.29, 1.82) is 0 Å². The maximum atomic E-state index is 12.5. The van der Waals surface area contributed by atoms with Crippen LogP contribution >= 0.6 is 0 Å². The van der Waals surface area contributed by atoms with E-state index in [1.54, 1.807) is 18.2 Å². The highest BCUT2D eigenvalue weighted by atomic mass is 16.5. The molecule has 30 heavy (non-hydrogen) atoms. The van der Waals surface area contributed by atoms with Crippen molar-refractivity contribution >= 4 is 22.6 Å². The van der Waals surface area contributed by atoms with Gasteiger partial charge in [0.2, 0.25) is 11.8 Å². The van der Waals surface area contributed by atoms with Crippen molar-refractivity contribution in [2.24, 2.45) is 0 Å². The molecule has 3 aromatic rings. The standard InChI is InChI=1S/C21H24N6O3/c1-15-24-18(26-9-4-5-10-26)12-20(25-15)30-11-8-22-19(28)13-27-14-23-17-7-3-2-6-16(17)21(27)29/h2-3,6-7,12,14H,4-5,8-11,13H2,1H3,(H,22,28). The van der Waals surface area contributed by atoms with Crippen molar-refractivity contribution in [3.05, 3.63) is 52.8 Å². The lowest BCUT2D eigenvalue weighted by Gasteiger charge is -2.17. The van der Waals surface area contributed by atoms with Gasteiger partial charge in [0, 0.05) is 19.2 Å². The molecule has 2 aromatic heterocycles. The van der Waals surface area contributed by atoms with Crippen LogP contribution in [0.4, 0.5) is 5.82 Å². The number of nitrogens with zero attached hydrogens (tertiary/aromatic N) is 5. The van der Waals surface area contributed by atoms with E-state index in [-0.39, 0.29) is 24.6 Å². The first kappa shape index (κ1) is 19.8. The summed E-state index contributed by atoms with van der Waals surface area (Å²) in [6, 6.07) is 8.90. The predicted molar refractivity (Wildman–Crippen MR) is 113 cm³/mol. The highest BCUT2D eigenvalue weighted by Crippen LogP contribution is 2.21. The minimum absolute atomic E-state index is 0.0949. The molecule has 9 heteroatoms. The van der Waals surface area contributed by atoms with Crippen LogP contribution in [0.1, 0.15) is 18.7 Å². The van der Waals surface area contributed by atoms with Gasteiger partial charge in [-0.05, 0) is 31.9 Å². The lowest BCUT2D eigenvalue weighted by Crippen LogP contribution is -2.34. The summed E-state index contributed by atoms with van der Waals surface area (Å²) in [6.07, 6.45) is 3.73. The molecule has 1 aromatic carbocycles. The monoisotopic (exact) mass is 408 g/mol. The number of amides is 1. The molecule has 9 nitrogen and oxygen atoms in total. The predicted octanol–water partition coefficient (Wildman–Crippen LogP) is 1.29. The quantitative estimate of drug-likeness (QED) is 0.588. The smallest absolute Gasteiger partial charge is 0.261 e.